The van der Waals surface area contributed by atoms with Crippen LogP contribution in [0, 0.1) is 0 Å². The van der Waals surface area contributed by atoms with Crippen molar-refractivity contribution in [2.45, 2.75) is 97.4 Å². The van der Waals surface area contributed by atoms with Gasteiger partial charge in [0, 0.05) is 0 Å². The summed E-state index contributed by atoms with van der Waals surface area (Å²) in [5, 5.41) is 0. The fourth-order valence-corrected chi connectivity index (χ4v) is 9.02. The van der Waals surface area contributed by atoms with Crippen molar-refractivity contribution < 1.29 is 4.43 Å². The van der Waals surface area contributed by atoms with Crippen molar-refractivity contribution in [3.8, 4) is 0 Å². The molecular formula is C17H36OSi. The highest BCUT2D eigenvalue weighted by Gasteiger charge is 2.46. The van der Waals surface area contributed by atoms with Crippen molar-refractivity contribution in [1.82, 2.24) is 0 Å². The fourth-order valence-electron chi connectivity index (χ4n) is 3.48. The van der Waals surface area contributed by atoms with Gasteiger partial charge in [0.25, 0.3) is 0 Å². The minimum absolute atomic E-state index is 0.323. The van der Waals surface area contributed by atoms with Crippen molar-refractivity contribution in [2.24, 2.45) is 0 Å². The van der Waals surface area contributed by atoms with Gasteiger partial charge in [-0.1, -0.05) is 73.5 Å². The molecule has 0 N–H and O–H groups in total. The van der Waals surface area contributed by atoms with Crippen molar-refractivity contribution in [2.75, 3.05) is 0 Å². The third kappa shape index (κ3) is 5.07. The first-order valence-corrected chi connectivity index (χ1v) is 10.3. The van der Waals surface area contributed by atoms with Crippen molar-refractivity contribution in [1.29, 1.82) is 0 Å². The zero-order valence-electron chi connectivity index (χ0n) is 14.5. The highest BCUT2D eigenvalue weighted by atomic mass is 28.4. The maximum atomic E-state index is 6.82. The maximum Gasteiger partial charge on any atom is 0.201 e. The van der Waals surface area contributed by atoms with E-state index in [0.717, 1.165) is 0 Å². The van der Waals surface area contributed by atoms with E-state index >= 15 is 0 Å². The first-order valence-electron chi connectivity index (χ1n) is 8.13. The number of hydrogen-bond donors (Lipinski definition) is 0. The van der Waals surface area contributed by atoms with Crippen LogP contribution in [0.3, 0.4) is 0 Å². The van der Waals surface area contributed by atoms with E-state index in [-0.39, 0.29) is 0 Å². The Morgan fingerprint density at radius 3 is 1.74 bits per heavy atom. The Hall–Kier alpha value is -0.0831. The van der Waals surface area contributed by atoms with Gasteiger partial charge in [0.1, 0.15) is 0 Å². The second-order valence-electron chi connectivity index (χ2n) is 6.64. The number of hydrogen-bond acceptors (Lipinski definition) is 1. The molecule has 0 heterocycles. The lowest BCUT2D eigenvalue weighted by Gasteiger charge is -2.44. The second-order valence-corrected chi connectivity index (χ2v) is 12.0. The Bertz CT molecular complexity index is 234. The van der Waals surface area contributed by atoms with E-state index in [0.29, 0.717) is 22.7 Å². The third-order valence-corrected chi connectivity index (χ3v) is 10.4. The zero-order chi connectivity index (χ0) is 15.1. The minimum atomic E-state index is -1.73. The molecule has 0 saturated heterocycles. The van der Waals surface area contributed by atoms with Gasteiger partial charge in [-0.2, -0.15) is 0 Å². The third-order valence-electron chi connectivity index (χ3n) is 4.31. The molecule has 0 aliphatic carbocycles. The summed E-state index contributed by atoms with van der Waals surface area (Å²) >= 11 is 0. The second kappa shape index (κ2) is 8.96. The van der Waals surface area contributed by atoms with Gasteiger partial charge in [-0.15, -0.1) is 0 Å². The van der Waals surface area contributed by atoms with Crippen LogP contribution < -0.4 is 0 Å². The van der Waals surface area contributed by atoms with Gasteiger partial charge in [0.15, 0.2) is 0 Å². The summed E-state index contributed by atoms with van der Waals surface area (Å²) in [6.45, 7) is 18.5. The van der Waals surface area contributed by atoms with Crippen LogP contribution in [0.1, 0.15) is 74.7 Å². The summed E-state index contributed by atoms with van der Waals surface area (Å²) in [7, 11) is -1.73. The number of unbranched alkanes of at least 4 members (excludes halogenated alkanes) is 1. The van der Waals surface area contributed by atoms with Gasteiger partial charge < -0.3 is 4.43 Å². The molecule has 1 unspecified atom stereocenters. The van der Waals surface area contributed by atoms with E-state index in [1.807, 2.05) is 0 Å². The lowest BCUT2D eigenvalue weighted by atomic mass is 10.1. The summed E-state index contributed by atoms with van der Waals surface area (Å²) in [5.41, 5.74) is 2.01. The van der Waals surface area contributed by atoms with Crippen LogP contribution >= 0.6 is 0 Å². The Kier molecular flexibility index (Phi) is 8.92. The van der Waals surface area contributed by atoms with Gasteiger partial charge in [-0.25, -0.2) is 0 Å². The molecule has 0 radical (unpaired) electrons. The van der Waals surface area contributed by atoms with Gasteiger partial charge in [0.2, 0.25) is 8.32 Å². The Morgan fingerprint density at radius 2 is 1.42 bits per heavy atom. The molecule has 0 rings (SSSR count). The molecule has 2 heteroatoms. The van der Waals surface area contributed by atoms with Crippen LogP contribution in [0.2, 0.25) is 16.6 Å². The average Bonchev–Trinajstić information content (AvgIpc) is 2.31. The van der Waals surface area contributed by atoms with E-state index < -0.39 is 8.32 Å². The van der Waals surface area contributed by atoms with E-state index in [2.05, 4.69) is 67.5 Å². The number of rotatable bonds is 9. The van der Waals surface area contributed by atoms with Crippen LogP contribution in [0.25, 0.3) is 0 Å². The molecule has 1 atom stereocenters. The summed E-state index contributed by atoms with van der Waals surface area (Å²) < 4.78 is 6.82. The molecule has 0 fully saturated rings. The molecule has 1 nitrogen and oxygen atoms in total. The summed E-state index contributed by atoms with van der Waals surface area (Å²) in [6.07, 6.45) is 8.42. The molecule has 0 spiro atoms. The summed E-state index contributed by atoms with van der Waals surface area (Å²) in [5.74, 6) is 0. The summed E-state index contributed by atoms with van der Waals surface area (Å²) in [4.78, 5) is 0. The first kappa shape index (κ1) is 18.9. The lowest BCUT2D eigenvalue weighted by molar-refractivity contribution is 0.203. The Morgan fingerprint density at radius 1 is 0.947 bits per heavy atom. The predicted octanol–water partition coefficient (Wildman–Crippen LogP) is 6.31. The van der Waals surface area contributed by atoms with E-state index in [4.69, 9.17) is 4.43 Å². The summed E-state index contributed by atoms with van der Waals surface area (Å²) in [6, 6.07) is 0. The van der Waals surface area contributed by atoms with Gasteiger partial charge in [-0.05, 0) is 30.0 Å². The quantitative estimate of drug-likeness (QED) is 0.356. The van der Waals surface area contributed by atoms with Crippen molar-refractivity contribution in [3.63, 3.8) is 0 Å². The van der Waals surface area contributed by atoms with Crippen LogP contribution in [0.5, 0.6) is 0 Å². The SMILES string of the molecule is C/C=C/C(CCCC)O[Si](C(C)C)(C(C)C)C(C)C. The first-order chi connectivity index (χ1) is 8.82. The lowest BCUT2D eigenvalue weighted by Crippen LogP contribution is -2.49. The molecule has 0 aliphatic rings. The van der Waals surface area contributed by atoms with Crippen molar-refractivity contribution >= 4 is 8.32 Å². The highest BCUT2D eigenvalue weighted by Crippen LogP contribution is 2.43. The smallest absolute Gasteiger partial charge is 0.201 e. The Labute approximate surface area is 123 Å². The van der Waals surface area contributed by atoms with Crippen LogP contribution in [-0.2, 0) is 4.43 Å². The van der Waals surface area contributed by atoms with E-state index in [1.54, 1.807) is 0 Å². The number of allylic oxidation sites excluding steroid dienone is 1. The van der Waals surface area contributed by atoms with Gasteiger partial charge in [-0.3, -0.25) is 0 Å². The molecule has 0 bridgehead atoms. The maximum absolute atomic E-state index is 6.82. The van der Waals surface area contributed by atoms with E-state index in [9.17, 15) is 0 Å². The Balaban J connectivity index is 5.14. The molecule has 19 heavy (non-hydrogen) atoms. The molecule has 0 aromatic carbocycles. The molecule has 0 aliphatic heterocycles. The highest BCUT2D eigenvalue weighted by molar-refractivity contribution is 6.77. The van der Waals surface area contributed by atoms with E-state index in [1.165, 1.54) is 19.3 Å². The molecule has 0 aromatic rings. The monoisotopic (exact) mass is 284 g/mol. The van der Waals surface area contributed by atoms with Crippen LogP contribution in [0.4, 0.5) is 0 Å². The van der Waals surface area contributed by atoms with Crippen molar-refractivity contribution in [3.05, 3.63) is 12.2 Å². The largest absolute Gasteiger partial charge is 0.410 e. The average molecular weight is 285 g/mol. The van der Waals surface area contributed by atoms with Gasteiger partial charge >= 0.3 is 0 Å². The molecule has 0 amide bonds. The standard InChI is InChI=1S/C17H36OSi/c1-9-11-13-17(12-10-2)18-19(14(3)4,15(5)6)16(7)8/h10,12,14-17H,9,11,13H2,1-8H3/b12-10+. The molecule has 0 aromatic heterocycles. The normalized spacial score (nSPS) is 15.1. The predicted molar refractivity (Wildman–Crippen MR) is 90.3 cm³/mol. The van der Waals surface area contributed by atoms with Gasteiger partial charge in [0.05, 0.1) is 6.10 Å². The van der Waals surface area contributed by atoms with Crippen LogP contribution in [0.15, 0.2) is 12.2 Å². The molecule has 114 valence electrons. The topological polar surface area (TPSA) is 9.23 Å². The zero-order valence-corrected chi connectivity index (χ0v) is 15.5. The molecular weight excluding hydrogens is 248 g/mol. The van der Waals surface area contributed by atoms with Crippen LogP contribution in [-0.4, -0.2) is 14.4 Å². The fraction of sp³-hybridized carbons (Fsp3) is 0.882. The minimum Gasteiger partial charge on any atom is -0.410 e. The molecule has 0 saturated carbocycles.